The summed E-state index contributed by atoms with van der Waals surface area (Å²) in [6.07, 6.45) is 1.68. The van der Waals surface area contributed by atoms with Crippen LogP contribution in [0, 0.1) is 5.41 Å². The number of ether oxygens (including phenoxy) is 1. The van der Waals surface area contributed by atoms with Gasteiger partial charge in [0.25, 0.3) is 0 Å². The molecule has 8 heteroatoms. The van der Waals surface area contributed by atoms with Crippen molar-refractivity contribution in [3.8, 4) is 0 Å². The van der Waals surface area contributed by atoms with Crippen molar-refractivity contribution in [2.24, 2.45) is 5.41 Å². The Labute approximate surface area is 126 Å². The van der Waals surface area contributed by atoms with Gasteiger partial charge >= 0.3 is 12.1 Å². The van der Waals surface area contributed by atoms with E-state index in [0.29, 0.717) is 0 Å². The smallest absolute Gasteiger partial charge is 0.405 e. The van der Waals surface area contributed by atoms with Crippen LogP contribution < -0.4 is 10.6 Å². The van der Waals surface area contributed by atoms with Crippen molar-refractivity contribution in [1.29, 1.82) is 0 Å². The van der Waals surface area contributed by atoms with Gasteiger partial charge < -0.3 is 20.5 Å². The van der Waals surface area contributed by atoms with Gasteiger partial charge in [0.1, 0.15) is 5.60 Å². The van der Waals surface area contributed by atoms with E-state index < -0.39 is 46.9 Å². The van der Waals surface area contributed by atoms with Crippen LogP contribution >= 0.6 is 0 Å². The Morgan fingerprint density at radius 1 is 1.41 bits per heavy atom. The third-order valence-corrected chi connectivity index (χ3v) is 3.54. The maximum Gasteiger partial charge on any atom is 0.405 e. The summed E-state index contributed by atoms with van der Waals surface area (Å²) in [7, 11) is 0. The van der Waals surface area contributed by atoms with Crippen molar-refractivity contribution in [2.45, 2.75) is 44.9 Å². The molecule has 2 bridgehead atoms. The SMILES string of the molecule is CC(C)(C)OC(=O)C12C(=O)NC(CC=CC1NC(=O)O)C2=O. The number of nitrogens with one attached hydrogen (secondary N) is 2. The molecule has 2 rings (SSSR count). The summed E-state index contributed by atoms with van der Waals surface area (Å²) in [6, 6.07) is -2.16. The van der Waals surface area contributed by atoms with Gasteiger partial charge in [-0.1, -0.05) is 12.2 Å². The molecule has 8 nitrogen and oxygen atoms in total. The lowest BCUT2D eigenvalue weighted by Crippen LogP contribution is -2.59. The predicted octanol–water partition coefficient (Wildman–Crippen LogP) is -0.0219. The Morgan fingerprint density at radius 3 is 2.59 bits per heavy atom. The van der Waals surface area contributed by atoms with E-state index in [2.05, 4.69) is 10.6 Å². The molecule has 3 N–H and O–H groups in total. The summed E-state index contributed by atoms with van der Waals surface area (Å²) >= 11 is 0. The standard InChI is InChI=1S/C14H18N2O6/c1-13(2,3)22-11(19)14-8(16-12(20)21)6-4-5-7(9(14)17)15-10(14)18/h4,6-8,16H,5H2,1-3H3,(H,15,18)(H,20,21). The molecule has 3 atom stereocenters. The average Bonchev–Trinajstić information content (AvgIpc) is 2.48. The molecule has 2 amide bonds. The van der Waals surface area contributed by atoms with Crippen LogP contribution in [-0.4, -0.2) is 46.5 Å². The summed E-state index contributed by atoms with van der Waals surface area (Å²) < 4.78 is 5.22. The number of carbonyl (C=O) groups is 4. The first-order chi connectivity index (χ1) is 10.1. The number of carboxylic acid groups (broad SMARTS) is 1. The topological polar surface area (TPSA) is 122 Å². The number of Topliss-reactive ketones (excluding diaryl/α,β-unsaturated/α-hetero) is 1. The van der Waals surface area contributed by atoms with E-state index in [0.717, 1.165) is 0 Å². The highest BCUT2D eigenvalue weighted by Gasteiger charge is 2.66. The molecule has 1 heterocycles. The third kappa shape index (κ3) is 2.44. The monoisotopic (exact) mass is 310 g/mol. The fourth-order valence-corrected chi connectivity index (χ4v) is 2.65. The molecular formula is C14H18N2O6. The van der Waals surface area contributed by atoms with Crippen molar-refractivity contribution in [3.63, 3.8) is 0 Å². The van der Waals surface area contributed by atoms with Gasteiger partial charge in [-0.15, -0.1) is 0 Å². The molecule has 3 unspecified atom stereocenters. The Balaban J connectivity index is 2.52. The number of esters is 1. The van der Waals surface area contributed by atoms with Gasteiger partial charge in [-0.3, -0.25) is 14.4 Å². The molecule has 0 saturated carbocycles. The third-order valence-electron chi connectivity index (χ3n) is 3.54. The zero-order chi connectivity index (χ0) is 16.7. The second kappa shape index (κ2) is 5.11. The lowest BCUT2D eigenvalue weighted by molar-refractivity contribution is -0.172. The summed E-state index contributed by atoms with van der Waals surface area (Å²) in [5.74, 6) is -2.55. The van der Waals surface area contributed by atoms with Gasteiger partial charge in [-0.25, -0.2) is 4.79 Å². The van der Waals surface area contributed by atoms with Crippen LogP contribution in [0.15, 0.2) is 12.2 Å². The van der Waals surface area contributed by atoms with Crippen LogP contribution in [0.5, 0.6) is 0 Å². The molecule has 1 aliphatic carbocycles. The quantitative estimate of drug-likeness (QED) is 0.374. The van der Waals surface area contributed by atoms with E-state index in [1.807, 2.05) is 0 Å². The molecule has 0 aromatic rings. The van der Waals surface area contributed by atoms with Gasteiger partial charge in [0.15, 0.2) is 5.78 Å². The zero-order valence-electron chi connectivity index (χ0n) is 12.5. The highest BCUT2D eigenvalue weighted by atomic mass is 16.6. The summed E-state index contributed by atoms with van der Waals surface area (Å²) in [6.45, 7) is 4.80. The summed E-state index contributed by atoms with van der Waals surface area (Å²) in [4.78, 5) is 48.5. The number of amides is 2. The molecular weight excluding hydrogens is 292 g/mol. The van der Waals surface area contributed by atoms with Crippen molar-refractivity contribution >= 4 is 23.8 Å². The van der Waals surface area contributed by atoms with E-state index in [9.17, 15) is 19.2 Å². The maximum absolute atomic E-state index is 12.6. The van der Waals surface area contributed by atoms with Crippen LogP contribution in [-0.2, 0) is 19.1 Å². The number of hydrogen-bond acceptors (Lipinski definition) is 5. The van der Waals surface area contributed by atoms with Crippen molar-refractivity contribution in [2.75, 3.05) is 0 Å². The van der Waals surface area contributed by atoms with Crippen molar-refractivity contribution < 1.29 is 29.0 Å². The number of fused-ring (bicyclic) bond motifs is 2. The minimum Gasteiger partial charge on any atom is -0.465 e. The Kier molecular flexibility index (Phi) is 3.72. The lowest BCUT2D eigenvalue weighted by atomic mass is 9.76. The number of carbonyl (C=O) groups excluding carboxylic acids is 3. The van der Waals surface area contributed by atoms with Crippen molar-refractivity contribution in [1.82, 2.24) is 10.6 Å². The van der Waals surface area contributed by atoms with Crippen LogP contribution in [0.4, 0.5) is 4.79 Å². The van der Waals surface area contributed by atoms with Gasteiger partial charge in [0.2, 0.25) is 11.3 Å². The molecule has 22 heavy (non-hydrogen) atoms. The zero-order valence-corrected chi connectivity index (χ0v) is 12.5. The minimum absolute atomic E-state index is 0.201. The molecule has 1 saturated heterocycles. The van der Waals surface area contributed by atoms with Crippen LogP contribution in [0.1, 0.15) is 27.2 Å². The van der Waals surface area contributed by atoms with Gasteiger partial charge in [0, 0.05) is 0 Å². The first kappa shape index (κ1) is 16.0. The largest absolute Gasteiger partial charge is 0.465 e. The fourth-order valence-electron chi connectivity index (χ4n) is 2.65. The van der Waals surface area contributed by atoms with Crippen molar-refractivity contribution in [3.05, 3.63) is 12.2 Å². The highest BCUT2D eigenvalue weighted by Crippen LogP contribution is 2.37. The van der Waals surface area contributed by atoms with E-state index in [1.54, 1.807) is 26.8 Å². The molecule has 1 aliphatic heterocycles. The van der Waals surface area contributed by atoms with Crippen LogP contribution in [0.2, 0.25) is 0 Å². The summed E-state index contributed by atoms with van der Waals surface area (Å²) in [5.41, 5.74) is -3.14. The second-order valence-electron chi connectivity index (χ2n) is 6.29. The Hall–Kier alpha value is -2.38. The van der Waals surface area contributed by atoms with Gasteiger partial charge in [-0.05, 0) is 27.2 Å². The molecule has 0 radical (unpaired) electrons. The molecule has 120 valence electrons. The molecule has 0 aromatic heterocycles. The van der Waals surface area contributed by atoms with Crippen LogP contribution in [0.3, 0.4) is 0 Å². The molecule has 1 fully saturated rings. The molecule has 0 spiro atoms. The second-order valence-corrected chi connectivity index (χ2v) is 6.29. The van der Waals surface area contributed by atoms with E-state index >= 15 is 0 Å². The first-order valence-corrected chi connectivity index (χ1v) is 6.84. The molecule has 2 aliphatic rings. The van der Waals surface area contributed by atoms with E-state index in [-0.39, 0.29) is 6.42 Å². The average molecular weight is 310 g/mol. The van der Waals surface area contributed by atoms with E-state index in [1.165, 1.54) is 6.08 Å². The molecule has 0 aromatic carbocycles. The van der Waals surface area contributed by atoms with Gasteiger partial charge in [-0.2, -0.15) is 0 Å². The summed E-state index contributed by atoms with van der Waals surface area (Å²) in [5, 5.41) is 13.5. The Bertz CT molecular complexity index is 576. The predicted molar refractivity (Wildman–Crippen MR) is 73.9 cm³/mol. The lowest BCUT2D eigenvalue weighted by Gasteiger charge is -2.32. The fraction of sp³-hybridized carbons (Fsp3) is 0.571. The normalized spacial score (nSPS) is 30.5. The minimum atomic E-state index is -2.22. The Morgan fingerprint density at radius 2 is 2.05 bits per heavy atom. The van der Waals surface area contributed by atoms with E-state index in [4.69, 9.17) is 9.84 Å². The number of rotatable bonds is 2. The number of ketones is 1. The van der Waals surface area contributed by atoms with Gasteiger partial charge in [0.05, 0.1) is 12.1 Å². The van der Waals surface area contributed by atoms with Crippen LogP contribution in [0.25, 0.3) is 0 Å². The highest BCUT2D eigenvalue weighted by molar-refractivity contribution is 6.28. The maximum atomic E-state index is 12.6. The number of hydrogen-bond donors (Lipinski definition) is 3. The first-order valence-electron chi connectivity index (χ1n) is 6.84.